The topological polar surface area (TPSA) is 137 Å². The molecule has 5 aromatic rings. The summed E-state index contributed by atoms with van der Waals surface area (Å²) in [6.45, 7) is 6.29. The molecule has 10 heteroatoms. The van der Waals surface area contributed by atoms with Gasteiger partial charge in [0.2, 0.25) is 5.91 Å². The van der Waals surface area contributed by atoms with Crippen molar-refractivity contribution in [3.63, 3.8) is 0 Å². The van der Waals surface area contributed by atoms with E-state index in [1.165, 1.54) is 0 Å². The summed E-state index contributed by atoms with van der Waals surface area (Å²) < 4.78 is 12.6. The van der Waals surface area contributed by atoms with Crippen LogP contribution in [0.4, 0.5) is 10.6 Å². The predicted molar refractivity (Wildman–Crippen MR) is 149 cm³/mol. The highest BCUT2D eigenvalue weighted by Crippen LogP contribution is 2.33. The van der Waals surface area contributed by atoms with Crippen molar-refractivity contribution in [1.29, 1.82) is 0 Å². The van der Waals surface area contributed by atoms with Gasteiger partial charge in [0.15, 0.2) is 5.82 Å². The molecule has 10 nitrogen and oxygen atoms in total. The maximum atomic E-state index is 12.0. The number of nitrogens with zero attached hydrogens (tertiary/aromatic N) is 3. The zero-order valence-electron chi connectivity index (χ0n) is 21.4. The fraction of sp³-hybridized carbons (Fsp3) is 0.172. The summed E-state index contributed by atoms with van der Waals surface area (Å²) in [5, 5.41) is 6.28. The quantitative estimate of drug-likeness (QED) is 0.192. The van der Waals surface area contributed by atoms with Gasteiger partial charge in [-0.3, -0.25) is 4.79 Å². The molecular formula is C29H28N6O4. The zero-order valence-corrected chi connectivity index (χ0v) is 21.4. The largest absolute Gasteiger partial charge is 0.472 e. The summed E-state index contributed by atoms with van der Waals surface area (Å²) in [6.07, 6.45) is 2.71. The van der Waals surface area contributed by atoms with Crippen LogP contribution in [0, 0.1) is 0 Å². The van der Waals surface area contributed by atoms with E-state index >= 15 is 0 Å². The number of benzene rings is 2. The van der Waals surface area contributed by atoms with Crippen LogP contribution in [-0.2, 0) is 22.6 Å². The van der Waals surface area contributed by atoms with E-state index in [0.29, 0.717) is 30.0 Å². The Labute approximate surface area is 224 Å². The molecule has 39 heavy (non-hydrogen) atoms. The van der Waals surface area contributed by atoms with Gasteiger partial charge in [0.1, 0.15) is 24.2 Å². The van der Waals surface area contributed by atoms with E-state index in [0.717, 1.165) is 38.9 Å². The monoisotopic (exact) mass is 524 g/mol. The first-order valence-corrected chi connectivity index (χ1v) is 12.4. The van der Waals surface area contributed by atoms with Gasteiger partial charge in [-0.15, -0.1) is 0 Å². The lowest BCUT2D eigenvalue weighted by Crippen LogP contribution is -2.31. The van der Waals surface area contributed by atoms with Crippen molar-refractivity contribution in [3.8, 4) is 11.4 Å². The molecule has 2 amide bonds. The molecule has 5 rings (SSSR count). The van der Waals surface area contributed by atoms with Crippen molar-refractivity contribution in [2.24, 2.45) is 0 Å². The number of ether oxygens (including phenoxy) is 1. The van der Waals surface area contributed by atoms with Gasteiger partial charge in [-0.1, -0.05) is 49.0 Å². The number of amides is 2. The number of hydrogen-bond donors (Lipinski definition) is 3. The summed E-state index contributed by atoms with van der Waals surface area (Å²) in [5.74, 6) is 0.836. The van der Waals surface area contributed by atoms with Gasteiger partial charge in [0.05, 0.1) is 29.4 Å². The molecule has 0 fully saturated rings. The number of aromatic nitrogens is 3. The van der Waals surface area contributed by atoms with E-state index in [-0.39, 0.29) is 19.1 Å². The summed E-state index contributed by atoms with van der Waals surface area (Å²) in [6, 6.07) is 17.6. The van der Waals surface area contributed by atoms with Crippen LogP contribution in [0.2, 0.25) is 0 Å². The zero-order chi connectivity index (χ0) is 27.4. The molecule has 3 heterocycles. The lowest BCUT2D eigenvalue weighted by atomic mass is 10.1. The number of hydrogen-bond acceptors (Lipinski definition) is 7. The third-order valence-corrected chi connectivity index (χ3v) is 6.20. The highest BCUT2D eigenvalue weighted by molar-refractivity contribution is 6.07. The van der Waals surface area contributed by atoms with E-state index in [9.17, 15) is 9.59 Å². The fourth-order valence-electron chi connectivity index (χ4n) is 4.25. The molecule has 0 aliphatic heterocycles. The van der Waals surface area contributed by atoms with Crippen LogP contribution in [0.5, 0.6) is 0 Å². The minimum atomic E-state index is -0.559. The lowest BCUT2D eigenvalue weighted by molar-refractivity contribution is -0.117. The average Bonchev–Trinajstić information content (AvgIpc) is 3.59. The Kier molecular flexibility index (Phi) is 7.26. The number of para-hydroxylation sites is 1. The molecule has 0 saturated carbocycles. The van der Waals surface area contributed by atoms with Crippen molar-refractivity contribution >= 4 is 39.8 Å². The Bertz CT molecular complexity index is 1660. The van der Waals surface area contributed by atoms with Gasteiger partial charge in [-0.25, -0.2) is 14.8 Å². The Morgan fingerprint density at radius 3 is 2.56 bits per heavy atom. The van der Waals surface area contributed by atoms with E-state index in [2.05, 4.69) is 26.8 Å². The molecule has 198 valence electrons. The first-order chi connectivity index (χ1) is 18.9. The van der Waals surface area contributed by atoms with Crippen LogP contribution in [0.15, 0.2) is 83.7 Å². The predicted octanol–water partition coefficient (Wildman–Crippen LogP) is 4.39. The van der Waals surface area contributed by atoms with Crippen LogP contribution < -0.4 is 16.4 Å². The standard InChI is InChI=1S/C29H28N6O4/c1-18(2)28(36)31-12-14-39-29(37)32-15-19-7-9-20(10-8-19)16-35-25-22-5-3-4-6-23(22)33-26(30)24(25)34-27(35)21-11-13-38-17-21/h3-11,13,17H,1,12,14-16H2,2H3,(H2,30,33)(H,31,36)(H,32,37). The number of nitrogens with two attached hydrogens (primary N) is 1. The molecule has 0 aliphatic carbocycles. The molecule has 0 saturated heterocycles. The van der Waals surface area contributed by atoms with Crippen LogP contribution >= 0.6 is 0 Å². The van der Waals surface area contributed by atoms with Crippen LogP contribution in [0.3, 0.4) is 0 Å². The molecule has 0 radical (unpaired) electrons. The second-order valence-corrected chi connectivity index (χ2v) is 9.09. The number of carbonyl (C=O) groups is 2. The molecule has 0 bridgehead atoms. The number of furan rings is 1. The molecule has 4 N–H and O–H groups in total. The number of nitrogen functional groups attached to an aromatic ring is 1. The van der Waals surface area contributed by atoms with E-state index in [4.69, 9.17) is 19.9 Å². The molecule has 3 aromatic heterocycles. The van der Waals surface area contributed by atoms with E-state index in [1.807, 2.05) is 54.6 Å². The van der Waals surface area contributed by atoms with Crippen molar-refractivity contribution in [3.05, 3.63) is 90.4 Å². The maximum absolute atomic E-state index is 12.0. The Balaban J connectivity index is 1.31. The fourth-order valence-corrected chi connectivity index (χ4v) is 4.25. The normalized spacial score (nSPS) is 11.0. The SMILES string of the molecule is C=C(C)C(=O)NCCOC(=O)NCc1ccc(Cn2c(-c3ccoc3)nc3c(N)nc4ccccc4c32)cc1. The summed E-state index contributed by atoms with van der Waals surface area (Å²) in [7, 11) is 0. The van der Waals surface area contributed by atoms with Crippen molar-refractivity contribution in [2.45, 2.75) is 20.0 Å². The molecule has 0 aliphatic rings. The van der Waals surface area contributed by atoms with Crippen LogP contribution in [0.1, 0.15) is 18.1 Å². The molecule has 0 unspecified atom stereocenters. The minimum Gasteiger partial charge on any atom is -0.472 e. The van der Waals surface area contributed by atoms with Crippen molar-refractivity contribution in [2.75, 3.05) is 18.9 Å². The molecular weight excluding hydrogens is 496 g/mol. The van der Waals surface area contributed by atoms with Crippen LogP contribution in [0.25, 0.3) is 33.3 Å². The number of pyridine rings is 1. The second-order valence-electron chi connectivity index (χ2n) is 9.09. The Morgan fingerprint density at radius 2 is 1.82 bits per heavy atom. The summed E-state index contributed by atoms with van der Waals surface area (Å²) >= 11 is 0. The number of imidazole rings is 1. The van der Waals surface area contributed by atoms with Crippen LogP contribution in [-0.4, -0.2) is 39.7 Å². The lowest BCUT2D eigenvalue weighted by Gasteiger charge is -2.12. The maximum Gasteiger partial charge on any atom is 0.407 e. The Morgan fingerprint density at radius 1 is 1.05 bits per heavy atom. The number of nitrogens with one attached hydrogen (secondary N) is 2. The number of alkyl carbamates (subject to hydrolysis) is 1. The second kappa shape index (κ2) is 11.1. The average molecular weight is 525 g/mol. The van der Waals surface area contributed by atoms with Gasteiger partial charge in [0, 0.05) is 24.0 Å². The summed E-state index contributed by atoms with van der Waals surface area (Å²) in [5.41, 5.74) is 11.9. The third-order valence-electron chi connectivity index (χ3n) is 6.20. The number of rotatable bonds is 9. The number of anilines is 1. The van der Waals surface area contributed by atoms with Crippen molar-refractivity contribution in [1.82, 2.24) is 25.2 Å². The first-order valence-electron chi connectivity index (χ1n) is 12.4. The molecule has 0 spiro atoms. The van der Waals surface area contributed by atoms with Gasteiger partial charge >= 0.3 is 6.09 Å². The molecule has 0 atom stereocenters. The third kappa shape index (κ3) is 5.59. The van der Waals surface area contributed by atoms with E-state index < -0.39 is 6.09 Å². The van der Waals surface area contributed by atoms with E-state index in [1.54, 1.807) is 19.5 Å². The van der Waals surface area contributed by atoms with Gasteiger partial charge in [-0.2, -0.15) is 0 Å². The molecule has 2 aromatic carbocycles. The number of fused-ring (bicyclic) bond motifs is 3. The minimum absolute atomic E-state index is 0.0658. The van der Waals surface area contributed by atoms with Gasteiger partial charge < -0.3 is 30.1 Å². The smallest absolute Gasteiger partial charge is 0.407 e. The van der Waals surface area contributed by atoms with Crippen molar-refractivity contribution < 1.29 is 18.7 Å². The highest BCUT2D eigenvalue weighted by atomic mass is 16.5. The van der Waals surface area contributed by atoms with Gasteiger partial charge in [-0.05, 0) is 30.2 Å². The van der Waals surface area contributed by atoms with Gasteiger partial charge in [0.25, 0.3) is 0 Å². The first kappa shape index (κ1) is 25.5. The number of carbonyl (C=O) groups excluding carboxylic acids is 2. The summed E-state index contributed by atoms with van der Waals surface area (Å²) in [4.78, 5) is 32.8. The Hall–Kier alpha value is -5.12. The highest BCUT2D eigenvalue weighted by Gasteiger charge is 2.19.